The highest BCUT2D eigenvalue weighted by atomic mass is 16.7. The number of hydrogen-bond acceptors (Lipinski definition) is 4. The van der Waals surface area contributed by atoms with Crippen molar-refractivity contribution in [3.05, 3.63) is 58.2 Å². The molecule has 4 nitrogen and oxygen atoms in total. The number of allylic oxidation sites excluding steroid dienone is 4. The maximum absolute atomic E-state index is 12.1. The molecule has 2 aliphatic heterocycles. The third-order valence-corrected chi connectivity index (χ3v) is 5.89. The lowest BCUT2D eigenvalue weighted by molar-refractivity contribution is -0.224. The molecule has 0 amide bonds. The molecule has 4 heteroatoms. The van der Waals surface area contributed by atoms with Gasteiger partial charge in [0.1, 0.15) is 0 Å². The van der Waals surface area contributed by atoms with Crippen molar-refractivity contribution < 1.29 is 19.4 Å². The first-order valence-electron chi connectivity index (χ1n) is 10.6. The lowest BCUT2D eigenvalue weighted by Gasteiger charge is -2.45. The van der Waals surface area contributed by atoms with Crippen LogP contribution in [0.25, 0.3) is 0 Å². The molecule has 3 aliphatic rings. The van der Waals surface area contributed by atoms with Crippen LogP contribution in [0.2, 0.25) is 0 Å². The third-order valence-electron chi connectivity index (χ3n) is 5.89. The van der Waals surface area contributed by atoms with Crippen LogP contribution in [0.4, 0.5) is 0 Å². The van der Waals surface area contributed by atoms with Crippen LogP contribution in [0.3, 0.4) is 0 Å². The molecule has 2 heterocycles. The standard InChI is InChI=1S/C25H34O4/c1-16(2)7-6-8-17(3)9-21-10-18(4)13-25(28-21)14-20(15-26)22-12-23(27)19(5)11-24(22)29-25/h7,9,11,13-14,21-22,24,26H,6,8,10,12,15H2,1-5H3/t21-,22-,24-,25+/m0/s1. The van der Waals surface area contributed by atoms with Crippen molar-refractivity contribution in [2.45, 2.75) is 78.3 Å². The van der Waals surface area contributed by atoms with Crippen molar-refractivity contribution in [2.24, 2.45) is 5.92 Å². The van der Waals surface area contributed by atoms with Crippen molar-refractivity contribution in [3.63, 3.8) is 0 Å². The second-order valence-electron chi connectivity index (χ2n) is 8.95. The van der Waals surface area contributed by atoms with Crippen LogP contribution in [0.5, 0.6) is 0 Å². The highest BCUT2D eigenvalue weighted by molar-refractivity contribution is 5.96. The topological polar surface area (TPSA) is 55.8 Å². The Balaban J connectivity index is 1.83. The molecule has 0 unspecified atom stereocenters. The Hall–Kier alpha value is -1.75. The Bertz CT molecular complexity index is 807. The van der Waals surface area contributed by atoms with E-state index in [-0.39, 0.29) is 30.5 Å². The van der Waals surface area contributed by atoms with Gasteiger partial charge in [-0.25, -0.2) is 0 Å². The van der Waals surface area contributed by atoms with Gasteiger partial charge < -0.3 is 14.6 Å². The third kappa shape index (κ3) is 5.25. The summed E-state index contributed by atoms with van der Waals surface area (Å²) in [7, 11) is 0. The van der Waals surface area contributed by atoms with E-state index in [0.29, 0.717) is 6.42 Å². The predicted molar refractivity (Wildman–Crippen MR) is 115 cm³/mol. The first kappa shape index (κ1) is 21.9. The van der Waals surface area contributed by atoms with E-state index in [2.05, 4.69) is 39.8 Å². The molecular weight excluding hydrogens is 364 g/mol. The molecule has 29 heavy (non-hydrogen) atoms. The monoisotopic (exact) mass is 398 g/mol. The van der Waals surface area contributed by atoms with Gasteiger partial charge in [-0.15, -0.1) is 0 Å². The highest BCUT2D eigenvalue weighted by Crippen LogP contribution is 2.42. The van der Waals surface area contributed by atoms with Crippen molar-refractivity contribution in [1.82, 2.24) is 0 Å². The van der Waals surface area contributed by atoms with E-state index in [4.69, 9.17) is 9.47 Å². The molecular formula is C25H34O4. The lowest BCUT2D eigenvalue weighted by Crippen LogP contribution is -2.49. The fourth-order valence-electron chi connectivity index (χ4n) is 4.42. The highest BCUT2D eigenvalue weighted by Gasteiger charge is 2.45. The summed E-state index contributed by atoms with van der Waals surface area (Å²) in [5.41, 5.74) is 5.40. The summed E-state index contributed by atoms with van der Waals surface area (Å²) in [5.74, 6) is -0.977. The Kier molecular flexibility index (Phi) is 6.77. The molecule has 1 N–H and O–H groups in total. The van der Waals surface area contributed by atoms with E-state index in [0.717, 1.165) is 30.4 Å². The molecule has 0 fully saturated rings. The molecule has 0 aromatic rings. The Morgan fingerprint density at radius 2 is 1.97 bits per heavy atom. The summed E-state index contributed by atoms with van der Waals surface area (Å²) in [6.45, 7) is 10.2. The number of aliphatic hydroxyl groups excluding tert-OH is 1. The second-order valence-corrected chi connectivity index (χ2v) is 8.95. The van der Waals surface area contributed by atoms with Crippen LogP contribution in [-0.4, -0.2) is 35.5 Å². The molecule has 0 aromatic carbocycles. The molecule has 158 valence electrons. The van der Waals surface area contributed by atoms with E-state index in [9.17, 15) is 9.90 Å². The fourth-order valence-corrected chi connectivity index (χ4v) is 4.42. The summed E-state index contributed by atoms with van der Waals surface area (Å²) < 4.78 is 12.8. The summed E-state index contributed by atoms with van der Waals surface area (Å²) in [6.07, 6.45) is 13.2. The average Bonchev–Trinajstić information content (AvgIpc) is 2.61. The van der Waals surface area contributed by atoms with E-state index in [1.807, 2.05) is 25.2 Å². The maximum atomic E-state index is 12.1. The van der Waals surface area contributed by atoms with Gasteiger partial charge in [-0.3, -0.25) is 4.79 Å². The van der Waals surface area contributed by atoms with Crippen LogP contribution in [0.1, 0.15) is 60.3 Å². The van der Waals surface area contributed by atoms with E-state index in [1.165, 1.54) is 16.7 Å². The number of aliphatic hydroxyl groups is 1. The van der Waals surface area contributed by atoms with Gasteiger partial charge in [0.05, 0.1) is 18.8 Å². The number of rotatable bonds is 5. The SMILES string of the molecule is CC(C)=CCCC(C)=C[C@H]1CC(C)=C[C@@]2(C=C(CO)[C@@H]3CC(=O)C(C)=C[C@@H]3O2)O1. The van der Waals surface area contributed by atoms with Crippen molar-refractivity contribution in [3.8, 4) is 0 Å². The largest absolute Gasteiger partial charge is 0.392 e. The summed E-state index contributed by atoms with van der Waals surface area (Å²) in [6, 6.07) is 0. The lowest BCUT2D eigenvalue weighted by atomic mass is 9.79. The van der Waals surface area contributed by atoms with Crippen molar-refractivity contribution in [1.29, 1.82) is 0 Å². The number of Topliss-reactive ketones (excluding diaryl/α,β-unsaturated/α-hetero) is 1. The number of carbonyl (C=O) groups excluding carboxylic acids is 1. The van der Waals surface area contributed by atoms with Gasteiger partial charge in [-0.1, -0.05) is 28.9 Å². The van der Waals surface area contributed by atoms with E-state index >= 15 is 0 Å². The number of hydrogen-bond donors (Lipinski definition) is 1. The van der Waals surface area contributed by atoms with Crippen LogP contribution in [0.15, 0.2) is 58.2 Å². The molecule has 1 spiro atoms. The molecule has 0 radical (unpaired) electrons. The number of ether oxygens (including phenoxy) is 2. The number of ketones is 1. The molecule has 0 saturated heterocycles. The Labute approximate surface area is 174 Å². The van der Waals surface area contributed by atoms with Crippen LogP contribution < -0.4 is 0 Å². The van der Waals surface area contributed by atoms with Crippen LogP contribution >= 0.6 is 0 Å². The van der Waals surface area contributed by atoms with Gasteiger partial charge in [0.25, 0.3) is 0 Å². The zero-order valence-corrected chi connectivity index (χ0v) is 18.3. The molecule has 0 aromatic heterocycles. The second kappa shape index (κ2) is 8.95. The smallest absolute Gasteiger partial charge is 0.209 e. The van der Waals surface area contributed by atoms with Gasteiger partial charge in [0, 0.05) is 12.3 Å². The van der Waals surface area contributed by atoms with Crippen LogP contribution in [0, 0.1) is 5.92 Å². The summed E-state index contributed by atoms with van der Waals surface area (Å²) in [4.78, 5) is 12.1. The van der Waals surface area contributed by atoms with Gasteiger partial charge in [-0.2, -0.15) is 0 Å². The maximum Gasteiger partial charge on any atom is 0.209 e. The summed E-state index contributed by atoms with van der Waals surface area (Å²) >= 11 is 0. The minimum Gasteiger partial charge on any atom is -0.392 e. The normalized spacial score (nSPS) is 32.3. The zero-order chi connectivity index (χ0) is 21.2. The van der Waals surface area contributed by atoms with Gasteiger partial charge in [-0.05, 0) is 83.3 Å². The molecule has 0 bridgehead atoms. The number of carbonyl (C=O) groups is 1. The quantitative estimate of drug-likeness (QED) is 0.665. The van der Waals surface area contributed by atoms with Crippen LogP contribution in [-0.2, 0) is 14.3 Å². The Morgan fingerprint density at radius 1 is 1.21 bits per heavy atom. The van der Waals surface area contributed by atoms with Gasteiger partial charge in [0.15, 0.2) is 5.78 Å². The van der Waals surface area contributed by atoms with Gasteiger partial charge in [0.2, 0.25) is 5.79 Å². The van der Waals surface area contributed by atoms with Crippen molar-refractivity contribution >= 4 is 5.78 Å². The summed E-state index contributed by atoms with van der Waals surface area (Å²) in [5, 5.41) is 9.97. The fraction of sp³-hybridized carbons (Fsp3) is 0.560. The Morgan fingerprint density at radius 3 is 2.66 bits per heavy atom. The van der Waals surface area contributed by atoms with E-state index in [1.54, 1.807) is 0 Å². The van der Waals surface area contributed by atoms with Gasteiger partial charge >= 0.3 is 0 Å². The zero-order valence-electron chi connectivity index (χ0n) is 18.3. The first-order chi connectivity index (χ1) is 13.7. The average molecular weight is 399 g/mol. The minimum absolute atomic E-state index is 0.0743. The molecule has 3 rings (SSSR count). The molecule has 4 atom stereocenters. The predicted octanol–water partition coefficient (Wildman–Crippen LogP) is 4.96. The molecule has 0 saturated carbocycles. The first-order valence-corrected chi connectivity index (χ1v) is 10.6. The number of fused-ring (bicyclic) bond motifs is 1. The van der Waals surface area contributed by atoms with Crippen molar-refractivity contribution in [2.75, 3.05) is 6.61 Å². The minimum atomic E-state index is -0.986. The van der Waals surface area contributed by atoms with E-state index < -0.39 is 5.79 Å². The molecule has 1 aliphatic carbocycles.